The SMILES string of the molecule is Brc1ccc2c(c1)CCC2=Cc1cnc[nH]1.Cl. The van der Waals surface area contributed by atoms with Gasteiger partial charge in [0.15, 0.2) is 0 Å². The normalized spacial score (nSPS) is 15.7. The van der Waals surface area contributed by atoms with E-state index >= 15 is 0 Å². The summed E-state index contributed by atoms with van der Waals surface area (Å²) in [6, 6.07) is 6.50. The fraction of sp³-hybridized carbons (Fsp3) is 0.154. The fourth-order valence-corrected chi connectivity index (χ4v) is 2.58. The third-order valence-electron chi connectivity index (χ3n) is 2.93. The molecule has 1 N–H and O–H groups in total. The number of hydrogen-bond acceptors (Lipinski definition) is 1. The molecule has 3 rings (SSSR count). The average molecular weight is 312 g/mol. The molecule has 4 heteroatoms. The molecule has 17 heavy (non-hydrogen) atoms. The van der Waals surface area contributed by atoms with Crippen LogP contribution in [0.1, 0.15) is 23.2 Å². The average Bonchev–Trinajstić information content (AvgIpc) is 2.89. The third-order valence-corrected chi connectivity index (χ3v) is 3.42. The molecule has 1 aliphatic rings. The Labute approximate surface area is 115 Å². The van der Waals surface area contributed by atoms with Crippen molar-refractivity contribution in [3.8, 4) is 0 Å². The summed E-state index contributed by atoms with van der Waals surface area (Å²) in [4.78, 5) is 7.14. The molecule has 0 bridgehead atoms. The molecule has 2 aromatic rings. The van der Waals surface area contributed by atoms with E-state index in [0.29, 0.717) is 0 Å². The van der Waals surface area contributed by atoms with Gasteiger partial charge in [0.2, 0.25) is 0 Å². The molecule has 0 aliphatic heterocycles. The van der Waals surface area contributed by atoms with E-state index in [1.165, 1.54) is 16.7 Å². The largest absolute Gasteiger partial charge is 0.345 e. The predicted molar refractivity (Wildman–Crippen MR) is 76.2 cm³/mol. The molecule has 0 fully saturated rings. The second-order valence-electron chi connectivity index (χ2n) is 3.98. The summed E-state index contributed by atoms with van der Waals surface area (Å²) in [5.41, 5.74) is 5.27. The second-order valence-corrected chi connectivity index (χ2v) is 4.89. The van der Waals surface area contributed by atoms with Gasteiger partial charge in [0.25, 0.3) is 0 Å². The van der Waals surface area contributed by atoms with Crippen LogP contribution in [0, 0.1) is 0 Å². The summed E-state index contributed by atoms with van der Waals surface area (Å²) < 4.78 is 1.16. The zero-order valence-electron chi connectivity index (χ0n) is 9.11. The molecule has 1 aromatic carbocycles. The highest BCUT2D eigenvalue weighted by molar-refractivity contribution is 9.10. The topological polar surface area (TPSA) is 28.7 Å². The number of nitrogens with zero attached hydrogens (tertiary/aromatic N) is 1. The van der Waals surface area contributed by atoms with Gasteiger partial charge >= 0.3 is 0 Å². The Kier molecular flexibility index (Phi) is 3.69. The first-order chi connectivity index (χ1) is 7.83. The lowest BCUT2D eigenvalue weighted by molar-refractivity contribution is 1.08. The lowest BCUT2D eigenvalue weighted by Crippen LogP contribution is -1.80. The van der Waals surface area contributed by atoms with Gasteiger partial charge in [0.05, 0.1) is 18.2 Å². The molecule has 1 heterocycles. The van der Waals surface area contributed by atoms with Crippen LogP contribution in [0.25, 0.3) is 11.6 Å². The maximum atomic E-state index is 4.03. The summed E-state index contributed by atoms with van der Waals surface area (Å²) in [6.45, 7) is 0. The van der Waals surface area contributed by atoms with Crippen molar-refractivity contribution in [3.05, 3.63) is 52.0 Å². The summed E-state index contributed by atoms with van der Waals surface area (Å²) in [5, 5.41) is 0. The van der Waals surface area contributed by atoms with Crippen molar-refractivity contribution in [3.63, 3.8) is 0 Å². The molecule has 0 radical (unpaired) electrons. The van der Waals surface area contributed by atoms with Crippen molar-refractivity contribution in [1.29, 1.82) is 0 Å². The molecule has 1 aromatic heterocycles. The van der Waals surface area contributed by atoms with E-state index in [9.17, 15) is 0 Å². The first kappa shape index (κ1) is 12.4. The molecule has 2 nitrogen and oxygen atoms in total. The number of halogens is 2. The predicted octanol–water partition coefficient (Wildman–Crippen LogP) is 4.08. The number of fused-ring (bicyclic) bond motifs is 1. The number of aromatic amines is 1. The van der Waals surface area contributed by atoms with E-state index in [1.54, 1.807) is 6.33 Å². The van der Waals surface area contributed by atoms with E-state index in [1.807, 2.05) is 6.20 Å². The summed E-state index contributed by atoms with van der Waals surface area (Å²) in [7, 11) is 0. The Morgan fingerprint density at radius 2 is 2.18 bits per heavy atom. The third kappa shape index (κ3) is 2.45. The number of benzene rings is 1. The fourth-order valence-electron chi connectivity index (χ4n) is 2.17. The number of nitrogens with one attached hydrogen (secondary N) is 1. The maximum absolute atomic E-state index is 4.03. The molecule has 0 unspecified atom stereocenters. The first-order valence-corrected chi connectivity index (χ1v) is 6.10. The maximum Gasteiger partial charge on any atom is 0.0924 e. The second kappa shape index (κ2) is 5.07. The van der Waals surface area contributed by atoms with Crippen LogP contribution in [0.4, 0.5) is 0 Å². The van der Waals surface area contributed by atoms with Crippen molar-refractivity contribution >= 4 is 40.0 Å². The van der Waals surface area contributed by atoms with Gasteiger partial charge < -0.3 is 4.98 Å². The van der Waals surface area contributed by atoms with Crippen molar-refractivity contribution in [2.75, 3.05) is 0 Å². The number of aromatic nitrogens is 2. The number of imidazole rings is 1. The van der Waals surface area contributed by atoms with Gasteiger partial charge in [-0.1, -0.05) is 22.0 Å². The Bertz CT molecular complexity index is 547. The van der Waals surface area contributed by atoms with Crippen molar-refractivity contribution in [2.45, 2.75) is 12.8 Å². The zero-order chi connectivity index (χ0) is 11.0. The van der Waals surface area contributed by atoms with E-state index in [2.05, 4.69) is 50.2 Å². The van der Waals surface area contributed by atoms with E-state index in [4.69, 9.17) is 0 Å². The van der Waals surface area contributed by atoms with Crippen molar-refractivity contribution < 1.29 is 0 Å². The van der Waals surface area contributed by atoms with Crippen LogP contribution >= 0.6 is 28.3 Å². The van der Waals surface area contributed by atoms with Gasteiger partial charge in [-0.05, 0) is 47.8 Å². The smallest absolute Gasteiger partial charge is 0.0924 e. The molecule has 0 atom stereocenters. The van der Waals surface area contributed by atoms with Crippen LogP contribution in [-0.4, -0.2) is 9.97 Å². The molecule has 0 amide bonds. The van der Waals surface area contributed by atoms with Crippen LogP contribution in [0.3, 0.4) is 0 Å². The quantitative estimate of drug-likeness (QED) is 0.844. The molecule has 0 spiro atoms. The number of rotatable bonds is 1. The van der Waals surface area contributed by atoms with E-state index in [-0.39, 0.29) is 12.4 Å². The lowest BCUT2D eigenvalue weighted by Gasteiger charge is -2.00. The van der Waals surface area contributed by atoms with Gasteiger partial charge in [-0.3, -0.25) is 0 Å². The molecular weight excluding hydrogens is 300 g/mol. The number of H-pyrrole nitrogens is 1. The highest BCUT2D eigenvalue weighted by atomic mass is 79.9. The van der Waals surface area contributed by atoms with E-state index in [0.717, 1.165) is 23.0 Å². The molecule has 0 saturated carbocycles. The molecule has 88 valence electrons. The van der Waals surface area contributed by atoms with Crippen LogP contribution in [0.2, 0.25) is 0 Å². The van der Waals surface area contributed by atoms with Crippen molar-refractivity contribution in [2.24, 2.45) is 0 Å². The Hall–Kier alpha value is -1.06. The minimum absolute atomic E-state index is 0. The Morgan fingerprint density at radius 3 is 2.94 bits per heavy atom. The monoisotopic (exact) mass is 310 g/mol. The highest BCUT2D eigenvalue weighted by Crippen LogP contribution is 2.34. The van der Waals surface area contributed by atoms with E-state index < -0.39 is 0 Å². The summed E-state index contributed by atoms with van der Waals surface area (Å²) in [6.07, 6.45) is 8.00. The Morgan fingerprint density at radius 1 is 1.29 bits per heavy atom. The van der Waals surface area contributed by atoms with Gasteiger partial charge in [0.1, 0.15) is 0 Å². The Balaban J connectivity index is 0.00000108. The van der Waals surface area contributed by atoms with Crippen LogP contribution in [0.5, 0.6) is 0 Å². The molecule has 0 saturated heterocycles. The minimum Gasteiger partial charge on any atom is -0.345 e. The van der Waals surface area contributed by atoms with Crippen LogP contribution < -0.4 is 0 Å². The number of hydrogen-bond donors (Lipinski definition) is 1. The van der Waals surface area contributed by atoms with Gasteiger partial charge in [-0.15, -0.1) is 12.4 Å². The van der Waals surface area contributed by atoms with Gasteiger partial charge in [-0.25, -0.2) is 4.98 Å². The molecular formula is C13H12BrClN2. The van der Waals surface area contributed by atoms with Crippen LogP contribution in [-0.2, 0) is 6.42 Å². The molecule has 1 aliphatic carbocycles. The number of aryl methyl sites for hydroxylation is 1. The first-order valence-electron chi connectivity index (χ1n) is 5.31. The highest BCUT2D eigenvalue weighted by Gasteiger charge is 2.15. The summed E-state index contributed by atoms with van der Waals surface area (Å²) >= 11 is 3.51. The standard InChI is InChI=1S/C13H11BrN2.ClH/c14-11-3-4-13-9(5-11)1-2-10(13)6-12-7-15-8-16-12;/h3-8H,1-2H2,(H,15,16);1H. The van der Waals surface area contributed by atoms with Crippen molar-refractivity contribution in [1.82, 2.24) is 9.97 Å². The number of allylic oxidation sites excluding steroid dienone is 1. The lowest BCUT2D eigenvalue weighted by atomic mass is 10.1. The minimum atomic E-state index is 0. The van der Waals surface area contributed by atoms with Gasteiger partial charge in [-0.2, -0.15) is 0 Å². The zero-order valence-corrected chi connectivity index (χ0v) is 11.5. The summed E-state index contributed by atoms with van der Waals surface area (Å²) in [5.74, 6) is 0. The van der Waals surface area contributed by atoms with Crippen LogP contribution in [0.15, 0.2) is 35.2 Å². The van der Waals surface area contributed by atoms with Gasteiger partial charge in [0, 0.05) is 4.47 Å².